The van der Waals surface area contributed by atoms with Crippen LogP contribution in [-0.2, 0) is 4.74 Å². The Balaban J connectivity index is 2.03. The number of ether oxygens (including phenoxy) is 3. The van der Waals surface area contributed by atoms with E-state index in [1.165, 1.54) is 0 Å². The third-order valence-electron chi connectivity index (χ3n) is 4.18. The molecule has 1 aromatic carbocycles. The summed E-state index contributed by atoms with van der Waals surface area (Å²) in [6, 6.07) is 5.86. The van der Waals surface area contributed by atoms with Crippen LogP contribution in [0.25, 0.3) is 0 Å². The maximum atomic E-state index is 5.76. The number of methoxy groups -OCH3 is 2. The zero-order valence-electron chi connectivity index (χ0n) is 13.1. The second-order valence-corrected chi connectivity index (χ2v) is 5.48. The van der Waals surface area contributed by atoms with Gasteiger partial charge in [-0.1, -0.05) is 0 Å². The summed E-state index contributed by atoms with van der Waals surface area (Å²) in [5, 5.41) is 0. The van der Waals surface area contributed by atoms with Crippen molar-refractivity contribution in [1.82, 2.24) is 5.43 Å². The fourth-order valence-electron chi connectivity index (χ4n) is 2.97. The molecule has 3 N–H and O–H groups in total. The van der Waals surface area contributed by atoms with Crippen LogP contribution in [0.4, 0.5) is 0 Å². The van der Waals surface area contributed by atoms with Crippen LogP contribution in [0.15, 0.2) is 18.2 Å². The highest BCUT2D eigenvalue weighted by Crippen LogP contribution is 2.39. The number of nitrogens with two attached hydrogens (primary N) is 1. The number of hydrogen-bond donors (Lipinski definition) is 2. The maximum Gasteiger partial charge on any atom is 0.123 e. The van der Waals surface area contributed by atoms with E-state index in [4.69, 9.17) is 20.1 Å². The van der Waals surface area contributed by atoms with E-state index < -0.39 is 0 Å². The van der Waals surface area contributed by atoms with Crippen molar-refractivity contribution in [3.05, 3.63) is 23.8 Å². The third kappa shape index (κ3) is 3.87. The van der Waals surface area contributed by atoms with Gasteiger partial charge in [0.1, 0.15) is 11.5 Å². The van der Waals surface area contributed by atoms with Crippen molar-refractivity contribution < 1.29 is 14.2 Å². The van der Waals surface area contributed by atoms with Gasteiger partial charge < -0.3 is 14.2 Å². The van der Waals surface area contributed by atoms with Gasteiger partial charge in [0, 0.05) is 12.2 Å². The Morgan fingerprint density at radius 2 is 2.05 bits per heavy atom. The van der Waals surface area contributed by atoms with Crippen molar-refractivity contribution in [3.8, 4) is 11.5 Å². The van der Waals surface area contributed by atoms with Gasteiger partial charge >= 0.3 is 0 Å². The molecule has 118 valence electrons. The number of nitrogens with one attached hydrogen (secondary N) is 1. The van der Waals surface area contributed by atoms with Gasteiger partial charge in [0.05, 0.1) is 26.4 Å². The summed E-state index contributed by atoms with van der Waals surface area (Å²) in [5.41, 5.74) is 3.95. The fourth-order valence-corrected chi connectivity index (χ4v) is 2.97. The molecule has 0 bridgehead atoms. The van der Waals surface area contributed by atoms with E-state index in [-0.39, 0.29) is 6.04 Å². The van der Waals surface area contributed by atoms with Gasteiger partial charge in [0.2, 0.25) is 0 Å². The molecule has 5 nitrogen and oxygen atoms in total. The number of hydrazine groups is 1. The first-order chi connectivity index (χ1) is 10.2. The normalized spacial score (nSPS) is 22.5. The molecule has 1 aromatic rings. The first kappa shape index (κ1) is 16.1. The lowest BCUT2D eigenvalue weighted by Gasteiger charge is -2.37. The summed E-state index contributed by atoms with van der Waals surface area (Å²) >= 11 is 0. The average Bonchev–Trinajstić information content (AvgIpc) is 2.49. The van der Waals surface area contributed by atoms with Crippen molar-refractivity contribution in [2.45, 2.75) is 38.3 Å². The van der Waals surface area contributed by atoms with Crippen LogP contribution >= 0.6 is 0 Å². The standard InChI is InChI=1S/C16H26N2O3/c1-4-21-13-7-11(8-13)9-15(18-17)14-10-12(19-2)5-6-16(14)20-3/h5-6,10-11,13,15,18H,4,7-9,17H2,1-3H3. The summed E-state index contributed by atoms with van der Waals surface area (Å²) in [4.78, 5) is 0. The van der Waals surface area contributed by atoms with Crippen molar-refractivity contribution in [1.29, 1.82) is 0 Å². The van der Waals surface area contributed by atoms with Gasteiger partial charge in [-0.3, -0.25) is 11.3 Å². The van der Waals surface area contributed by atoms with Gasteiger partial charge in [-0.25, -0.2) is 0 Å². The van der Waals surface area contributed by atoms with Crippen LogP contribution < -0.4 is 20.7 Å². The smallest absolute Gasteiger partial charge is 0.123 e. The van der Waals surface area contributed by atoms with Crippen molar-refractivity contribution in [2.24, 2.45) is 11.8 Å². The van der Waals surface area contributed by atoms with Crippen LogP contribution in [0, 0.1) is 5.92 Å². The Bertz CT molecular complexity index is 447. The zero-order chi connectivity index (χ0) is 15.2. The molecule has 5 heteroatoms. The molecule has 21 heavy (non-hydrogen) atoms. The highest BCUT2D eigenvalue weighted by atomic mass is 16.5. The molecule has 0 amide bonds. The average molecular weight is 294 g/mol. The molecule has 0 radical (unpaired) electrons. The minimum absolute atomic E-state index is 0.0580. The second kappa shape index (κ2) is 7.64. The summed E-state index contributed by atoms with van der Waals surface area (Å²) < 4.78 is 16.4. The lowest BCUT2D eigenvalue weighted by atomic mass is 9.77. The van der Waals surface area contributed by atoms with E-state index in [1.807, 2.05) is 25.1 Å². The van der Waals surface area contributed by atoms with Crippen molar-refractivity contribution in [2.75, 3.05) is 20.8 Å². The Morgan fingerprint density at radius 1 is 1.29 bits per heavy atom. The first-order valence-corrected chi connectivity index (χ1v) is 7.51. The van der Waals surface area contributed by atoms with Gasteiger partial charge in [0.25, 0.3) is 0 Å². The monoisotopic (exact) mass is 294 g/mol. The van der Waals surface area contributed by atoms with Crippen LogP contribution in [0.2, 0.25) is 0 Å². The molecular formula is C16H26N2O3. The molecule has 0 aromatic heterocycles. The van der Waals surface area contributed by atoms with Crippen molar-refractivity contribution in [3.63, 3.8) is 0 Å². The Hall–Kier alpha value is -1.30. The maximum absolute atomic E-state index is 5.76. The van der Waals surface area contributed by atoms with E-state index in [0.29, 0.717) is 12.0 Å². The molecule has 1 saturated carbocycles. The van der Waals surface area contributed by atoms with Crippen LogP contribution in [-0.4, -0.2) is 26.9 Å². The van der Waals surface area contributed by atoms with Gasteiger partial charge in [-0.2, -0.15) is 0 Å². The van der Waals surface area contributed by atoms with E-state index in [1.54, 1.807) is 14.2 Å². The Kier molecular flexibility index (Phi) is 5.85. The van der Waals surface area contributed by atoms with E-state index >= 15 is 0 Å². The van der Waals surface area contributed by atoms with Crippen molar-refractivity contribution >= 4 is 0 Å². The number of benzene rings is 1. The molecule has 0 heterocycles. The number of rotatable bonds is 8. The Labute approximate surface area is 126 Å². The molecule has 1 unspecified atom stereocenters. The lowest BCUT2D eigenvalue weighted by molar-refractivity contribution is -0.0292. The van der Waals surface area contributed by atoms with E-state index in [9.17, 15) is 0 Å². The SMILES string of the molecule is CCOC1CC(CC(NN)c2cc(OC)ccc2OC)C1. The topological polar surface area (TPSA) is 65.7 Å². The summed E-state index contributed by atoms with van der Waals surface area (Å²) in [5.74, 6) is 8.04. The number of hydrogen-bond acceptors (Lipinski definition) is 5. The molecule has 1 atom stereocenters. The van der Waals surface area contributed by atoms with E-state index in [0.717, 1.165) is 42.9 Å². The quantitative estimate of drug-likeness (QED) is 0.569. The molecule has 0 saturated heterocycles. The zero-order valence-corrected chi connectivity index (χ0v) is 13.1. The predicted octanol–water partition coefficient (Wildman–Crippen LogP) is 2.41. The lowest BCUT2D eigenvalue weighted by Crippen LogP contribution is -2.36. The van der Waals surface area contributed by atoms with Gasteiger partial charge in [-0.15, -0.1) is 0 Å². The minimum Gasteiger partial charge on any atom is -0.497 e. The second-order valence-electron chi connectivity index (χ2n) is 5.48. The highest BCUT2D eigenvalue weighted by Gasteiger charge is 2.32. The van der Waals surface area contributed by atoms with Crippen LogP contribution in [0.1, 0.15) is 37.8 Å². The van der Waals surface area contributed by atoms with Crippen LogP contribution in [0.3, 0.4) is 0 Å². The summed E-state index contributed by atoms with van der Waals surface area (Å²) in [7, 11) is 3.34. The molecule has 0 aliphatic heterocycles. The molecule has 1 fully saturated rings. The Morgan fingerprint density at radius 3 is 2.62 bits per heavy atom. The highest BCUT2D eigenvalue weighted by molar-refractivity contribution is 5.42. The molecule has 1 aliphatic rings. The predicted molar refractivity (Wildman–Crippen MR) is 82.4 cm³/mol. The van der Waals surface area contributed by atoms with Gasteiger partial charge in [-0.05, 0) is 50.3 Å². The molecule has 1 aliphatic carbocycles. The van der Waals surface area contributed by atoms with Gasteiger partial charge in [0.15, 0.2) is 0 Å². The molecule has 2 rings (SSSR count). The molecular weight excluding hydrogens is 268 g/mol. The summed E-state index contributed by atoms with van der Waals surface area (Å²) in [6.07, 6.45) is 3.62. The van der Waals surface area contributed by atoms with E-state index in [2.05, 4.69) is 5.43 Å². The summed E-state index contributed by atoms with van der Waals surface area (Å²) in [6.45, 7) is 2.83. The van der Waals surface area contributed by atoms with Crippen LogP contribution in [0.5, 0.6) is 11.5 Å². The fraction of sp³-hybridized carbons (Fsp3) is 0.625. The minimum atomic E-state index is 0.0580. The third-order valence-corrected chi connectivity index (χ3v) is 4.18. The first-order valence-electron chi connectivity index (χ1n) is 7.51. The largest absolute Gasteiger partial charge is 0.497 e. The molecule has 0 spiro atoms.